The van der Waals surface area contributed by atoms with E-state index in [9.17, 15) is 4.79 Å². The molecule has 1 aromatic rings. The average molecular weight is 347 g/mol. The maximum atomic E-state index is 12.6. The Morgan fingerprint density at radius 3 is 2.72 bits per heavy atom. The minimum Gasteiger partial charge on any atom is -0.378 e. The van der Waals surface area contributed by atoms with Gasteiger partial charge in [0.25, 0.3) is 0 Å². The molecule has 0 saturated carbocycles. The van der Waals surface area contributed by atoms with Crippen molar-refractivity contribution in [2.24, 2.45) is 5.92 Å². The lowest BCUT2D eigenvalue weighted by Crippen LogP contribution is -2.50. The number of nitrogens with zero attached hydrogens (tertiary/aromatic N) is 4. The van der Waals surface area contributed by atoms with Crippen molar-refractivity contribution in [3.63, 3.8) is 0 Å². The fourth-order valence-corrected chi connectivity index (χ4v) is 3.72. The van der Waals surface area contributed by atoms with E-state index in [1.54, 1.807) is 6.20 Å². The number of morpholine rings is 1. The summed E-state index contributed by atoms with van der Waals surface area (Å²) in [4.78, 5) is 23.4. The Morgan fingerprint density at radius 2 is 2.08 bits per heavy atom. The molecule has 2 fully saturated rings. The molecule has 2 amide bonds. The highest BCUT2D eigenvalue weighted by Gasteiger charge is 2.30. The first-order valence-corrected chi connectivity index (χ1v) is 9.05. The Hall–Kier alpha value is -1.86. The quantitative estimate of drug-likeness (QED) is 0.902. The van der Waals surface area contributed by atoms with Gasteiger partial charge in [0.2, 0.25) is 0 Å². The molecular weight excluding hydrogens is 318 g/mol. The van der Waals surface area contributed by atoms with Crippen molar-refractivity contribution in [3.05, 3.63) is 18.3 Å². The van der Waals surface area contributed by atoms with Crippen molar-refractivity contribution in [1.29, 1.82) is 0 Å². The Bertz CT molecular complexity index is 573. The van der Waals surface area contributed by atoms with Crippen molar-refractivity contribution >= 4 is 17.5 Å². The molecule has 0 bridgehead atoms. The molecule has 7 nitrogen and oxygen atoms in total. The molecule has 3 rings (SSSR count). The molecule has 2 saturated heterocycles. The van der Waals surface area contributed by atoms with Gasteiger partial charge in [0, 0.05) is 32.7 Å². The molecule has 0 aromatic carbocycles. The molecule has 138 valence electrons. The topological polar surface area (TPSA) is 60.9 Å². The summed E-state index contributed by atoms with van der Waals surface area (Å²) < 4.78 is 5.36. The SMILES string of the molecule is C[C@H]1CN(C)CC[C@@H]1N(C)C(=O)Nc1ccc(N2CCOCC2)nc1. The van der Waals surface area contributed by atoms with Crippen molar-refractivity contribution in [2.75, 3.05) is 63.7 Å². The van der Waals surface area contributed by atoms with E-state index < -0.39 is 0 Å². The number of aromatic nitrogens is 1. The van der Waals surface area contributed by atoms with Gasteiger partial charge in [-0.1, -0.05) is 6.92 Å². The number of carbonyl (C=O) groups is 1. The third kappa shape index (κ3) is 4.41. The molecule has 7 heteroatoms. The zero-order valence-corrected chi connectivity index (χ0v) is 15.4. The second-order valence-electron chi connectivity index (χ2n) is 7.14. The Balaban J connectivity index is 1.56. The van der Waals surface area contributed by atoms with Crippen LogP contribution in [0.4, 0.5) is 16.3 Å². The van der Waals surface area contributed by atoms with Crippen LogP contribution < -0.4 is 10.2 Å². The first-order chi connectivity index (χ1) is 12.0. The van der Waals surface area contributed by atoms with Crippen LogP contribution in [0, 0.1) is 5.92 Å². The van der Waals surface area contributed by atoms with Crippen LogP contribution >= 0.6 is 0 Å². The fourth-order valence-electron chi connectivity index (χ4n) is 3.72. The van der Waals surface area contributed by atoms with E-state index in [0.717, 1.165) is 57.3 Å². The number of hydrogen-bond donors (Lipinski definition) is 1. The highest BCUT2D eigenvalue weighted by molar-refractivity contribution is 5.89. The summed E-state index contributed by atoms with van der Waals surface area (Å²) in [7, 11) is 4.02. The van der Waals surface area contributed by atoms with Gasteiger partial charge in [0.1, 0.15) is 5.82 Å². The highest BCUT2D eigenvalue weighted by atomic mass is 16.5. The standard InChI is InChI=1S/C18H29N5O2/c1-14-13-21(2)7-6-16(14)22(3)18(24)20-15-4-5-17(19-12-15)23-8-10-25-11-9-23/h4-5,12,14,16H,6-11,13H2,1-3H3,(H,20,24)/t14-,16-/m0/s1. The van der Waals surface area contributed by atoms with Gasteiger partial charge in [-0.3, -0.25) is 0 Å². The minimum atomic E-state index is -0.0673. The smallest absolute Gasteiger partial charge is 0.321 e. The molecule has 2 atom stereocenters. The molecule has 3 heterocycles. The monoisotopic (exact) mass is 347 g/mol. The molecule has 0 unspecified atom stereocenters. The van der Waals surface area contributed by atoms with Crippen molar-refractivity contribution in [1.82, 2.24) is 14.8 Å². The summed E-state index contributed by atoms with van der Waals surface area (Å²) in [5.41, 5.74) is 0.731. The molecule has 25 heavy (non-hydrogen) atoms. The summed E-state index contributed by atoms with van der Waals surface area (Å²) in [6.45, 7) is 7.45. The van der Waals surface area contributed by atoms with Crippen molar-refractivity contribution in [3.8, 4) is 0 Å². The number of likely N-dealkylation sites (tertiary alicyclic amines) is 1. The Morgan fingerprint density at radius 1 is 1.32 bits per heavy atom. The van der Waals surface area contributed by atoms with Gasteiger partial charge in [-0.25, -0.2) is 9.78 Å². The summed E-state index contributed by atoms with van der Waals surface area (Å²) in [6.07, 6.45) is 2.74. The third-order valence-electron chi connectivity index (χ3n) is 5.22. The molecule has 2 aliphatic heterocycles. The molecule has 2 aliphatic rings. The maximum Gasteiger partial charge on any atom is 0.321 e. The van der Waals surface area contributed by atoms with Crippen LogP contribution in [0.3, 0.4) is 0 Å². The number of carbonyl (C=O) groups excluding carboxylic acids is 1. The van der Waals surface area contributed by atoms with Crippen molar-refractivity contribution < 1.29 is 9.53 Å². The summed E-state index contributed by atoms with van der Waals surface area (Å²) in [6, 6.07) is 4.08. The summed E-state index contributed by atoms with van der Waals surface area (Å²) in [5.74, 6) is 1.40. The summed E-state index contributed by atoms with van der Waals surface area (Å²) >= 11 is 0. The van der Waals surface area contributed by atoms with Gasteiger partial charge in [-0.2, -0.15) is 0 Å². The van der Waals surface area contributed by atoms with Crippen LogP contribution in [-0.2, 0) is 4.74 Å². The van der Waals surface area contributed by atoms with Gasteiger partial charge in [0.05, 0.1) is 25.1 Å². The fraction of sp³-hybridized carbons (Fsp3) is 0.667. The first-order valence-electron chi connectivity index (χ1n) is 9.05. The van der Waals surface area contributed by atoms with E-state index in [1.165, 1.54) is 0 Å². The second kappa shape index (κ2) is 8.01. The number of urea groups is 1. The number of anilines is 2. The second-order valence-corrected chi connectivity index (χ2v) is 7.14. The van der Waals surface area contributed by atoms with Crippen LogP contribution in [0.1, 0.15) is 13.3 Å². The van der Waals surface area contributed by atoms with Gasteiger partial charge >= 0.3 is 6.03 Å². The number of piperidine rings is 1. The van der Waals surface area contributed by atoms with E-state index in [-0.39, 0.29) is 12.1 Å². The largest absolute Gasteiger partial charge is 0.378 e. The lowest BCUT2D eigenvalue weighted by Gasteiger charge is -2.39. The number of amides is 2. The van der Waals surface area contributed by atoms with Gasteiger partial charge < -0.3 is 24.8 Å². The van der Waals surface area contributed by atoms with Crippen LogP contribution in [0.15, 0.2) is 18.3 Å². The van der Waals surface area contributed by atoms with E-state index in [2.05, 4.69) is 34.1 Å². The Labute approximate surface area is 149 Å². The predicted octanol–water partition coefficient (Wildman–Crippen LogP) is 1.72. The molecule has 0 radical (unpaired) electrons. The number of ether oxygens (including phenoxy) is 1. The van der Waals surface area contributed by atoms with Gasteiger partial charge in [-0.15, -0.1) is 0 Å². The van der Waals surface area contributed by atoms with Crippen LogP contribution in [0.25, 0.3) is 0 Å². The van der Waals surface area contributed by atoms with Crippen LogP contribution in [-0.4, -0.2) is 80.3 Å². The van der Waals surface area contributed by atoms with E-state index >= 15 is 0 Å². The van der Waals surface area contributed by atoms with E-state index in [1.807, 2.05) is 24.1 Å². The van der Waals surface area contributed by atoms with Crippen LogP contribution in [0.5, 0.6) is 0 Å². The number of pyridine rings is 1. The molecule has 1 N–H and O–H groups in total. The molecule has 1 aromatic heterocycles. The zero-order chi connectivity index (χ0) is 17.8. The van der Waals surface area contributed by atoms with Crippen molar-refractivity contribution in [2.45, 2.75) is 19.4 Å². The predicted molar refractivity (Wildman–Crippen MR) is 99.1 cm³/mol. The zero-order valence-electron chi connectivity index (χ0n) is 15.4. The van der Waals surface area contributed by atoms with Gasteiger partial charge in [0.15, 0.2) is 0 Å². The van der Waals surface area contributed by atoms with E-state index in [0.29, 0.717) is 5.92 Å². The summed E-state index contributed by atoms with van der Waals surface area (Å²) in [5, 5.41) is 2.97. The van der Waals surface area contributed by atoms with E-state index in [4.69, 9.17) is 4.74 Å². The molecule has 0 spiro atoms. The third-order valence-corrected chi connectivity index (χ3v) is 5.22. The first kappa shape index (κ1) is 17.9. The molecular formula is C18H29N5O2. The van der Waals surface area contributed by atoms with Gasteiger partial charge in [-0.05, 0) is 38.1 Å². The average Bonchev–Trinajstić information content (AvgIpc) is 2.62. The number of nitrogens with one attached hydrogen (secondary N) is 1. The number of hydrogen-bond acceptors (Lipinski definition) is 5. The number of rotatable bonds is 3. The maximum absolute atomic E-state index is 12.6. The lowest BCUT2D eigenvalue weighted by molar-refractivity contribution is 0.113. The van der Waals surface area contributed by atoms with Crippen LogP contribution in [0.2, 0.25) is 0 Å². The lowest BCUT2D eigenvalue weighted by atomic mass is 9.93. The molecule has 0 aliphatic carbocycles. The minimum absolute atomic E-state index is 0.0673. The normalized spacial score (nSPS) is 24.8. The Kier molecular flexibility index (Phi) is 5.75. The highest BCUT2D eigenvalue weighted by Crippen LogP contribution is 2.21.